The van der Waals surface area contributed by atoms with Gasteiger partial charge in [-0.2, -0.15) is 0 Å². The number of aliphatic hydroxyl groups is 1. The average molecular weight is 561 g/mol. The number of ether oxygens (including phenoxy) is 1. The van der Waals surface area contributed by atoms with Crippen molar-refractivity contribution in [1.29, 1.82) is 0 Å². The van der Waals surface area contributed by atoms with Gasteiger partial charge in [0.25, 0.3) is 0 Å². The maximum absolute atomic E-state index is 14.2. The third kappa shape index (κ3) is 4.47. The van der Waals surface area contributed by atoms with E-state index in [0.717, 1.165) is 17.5 Å². The van der Waals surface area contributed by atoms with Crippen LogP contribution in [0.15, 0.2) is 54.6 Å². The number of benzene rings is 2. The third-order valence-corrected chi connectivity index (χ3v) is 9.13. The van der Waals surface area contributed by atoms with E-state index >= 15 is 0 Å². The quantitative estimate of drug-likeness (QED) is 0.306. The summed E-state index contributed by atoms with van der Waals surface area (Å²) in [6.07, 6.45) is 3.63. The van der Waals surface area contributed by atoms with Crippen molar-refractivity contribution >= 4 is 34.4 Å². The molecule has 216 valence electrons. The van der Waals surface area contributed by atoms with Gasteiger partial charge >= 0.3 is 0 Å². The molecule has 1 spiro atoms. The van der Waals surface area contributed by atoms with Crippen molar-refractivity contribution < 1.29 is 24.2 Å². The summed E-state index contributed by atoms with van der Waals surface area (Å²) >= 11 is 0. The van der Waals surface area contributed by atoms with Gasteiger partial charge in [0.05, 0.1) is 23.0 Å². The van der Waals surface area contributed by atoms with Crippen LogP contribution in [-0.4, -0.2) is 73.1 Å². The number of rotatable bonds is 11. The van der Waals surface area contributed by atoms with E-state index in [1.54, 1.807) is 9.58 Å². The summed E-state index contributed by atoms with van der Waals surface area (Å²) in [5.74, 6) is -2.29. The molecule has 3 amide bonds. The van der Waals surface area contributed by atoms with E-state index < -0.39 is 29.1 Å². The number of hydrogen-bond acceptors (Lipinski definition) is 7. The van der Waals surface area contributed by atoms with Crippen LogP contribution in [0.2, 0.25) is 0 Å². The molecule has 11 nitrogen and oxygen atoms in total. The fourth-order valence-electron chi connectivity index (χ4n) is 7.25. The lowest BCUT2D eigenvalue weighted by atomic mass is 9.65. The van der Waals surface area contributed by atoms with Gasteiger partial charge in [0.15, 0.2) is 0 Å². The number of amides is 3. The van der Waals surface area contributed by atoms with Crippen molar-refractivity contribution in [3.63, 3.8) is 0 Å². The van der Waals surface area contributed by atoms with E-state index in [1.807, 2.05) is 61.5 Å². The highest BCUT2D eigenvalue weighted by Gasteiger charge is 2.78. The molecule has 2 unspecified atom stereocenters. The number of nitrogens with one attached hydrogen (secondary N) is 2. The van der Waals surface area contributed by atoms with E-state index in [9.17, 15) is 19.5 Å². The van der Waals surface area contributed by atoms with E-state index in [2.05, 4.69) is 20.9 Å². The zero-order valence-corrected chi connectivity index (χ0v) is 23.2. The SMILES string of the molecule is CC[C@]12CCC3(O1)C(C(=O)NCn1nnc4ccccc41)N(CCCCCO)C(=O)[C@@H]3[C@H]2C(=O)Nc1ccccc1. The number of carbonyl (C=O) groups excluding carboxylic acids is 3. The van der Waals surface area contributed by atoms with Crippen LogP contribution in [-0.2, 0) is 25.8 Å². The molecule has 0 saturated carbocycles. The van der Waals surface area contributed by atoms with Gasteiger partial charge in [-0.3, -0.25) is 14.4 Å². The number of unbranched alkanes of at least 4 members (excludes halogenated alkanes) is 2. The fraction of sp³-hybridized carbons (Fsp3) is 0.500. The highest BCUT2D eigenvalue weighted by atomic mass is 16.5. The molecule has 3 saturated heterocycles. The van der Waals surface area contributed by atoms with Crippen LogP contribution < -0.4 is 10.6 Å². The first-order valence-corrected chi connectivity index (χ1v) is 14.5. The van der Waals surface area contributed by atoms with Gasteiger partial charge in [-0.1, -0.05) is 42.5 Å². The van der Waals surface area contributed by atoms with Crippen LogP contribution in [0, 0.1) is 11.8 Å². The number of hydrogen-bond donors (Lipinski definition) is 3. The Bertz CT molecular complexity index is 1450. The maximum Gasteiger partial charge on any atom is 0.247 e. The first-order chi connectivity index (χ1) is 19.9. The normalized spacial score (nSPS) is 28.3. The fourth-order valence-corrected chi connectivity index (χ4v) is 7.25. The lowest BCUT2D eigenvalue weighted by molar-refractivity contribution is -0.146. The Balaban J connectivity index is 1.30. The third-order valence-electron chi connectivity index (χ3n) is 9.13. The Morgan fingerprint density at radius 2 is 1.83 bits per heavy atom. The number of aromatic nitrogens is 3. The Kier molecular flexibility index (Phi) is 7.25. The van der Waals surface area contributed by atoms with Crippen LogP contribution in [0.5, 0.6) is 0 Å². The summed E-state index contributed by atoms with van der Waals surface area (Å²) < 4.78 is 8.41. The van der Waals surface area contributed by atoms with Crippen molar-refractivity contribution in [1.82, 2.24) is 25.2 Å². The number of para-hydroxylation sites is 2. The molecule has 5 atom stereocenters. The molecule has 0 radical (unpaired) electrons. The van der Waals surface area contributed by atoms with Gasteiger partial charge in [0.1, 0.15) is 23.8 Å². The number of fused-ring (bicyclic) bond motifs is 2. The molecule has 3 aliphatic rings. The highest BCUT2D eigenvalue weighted by Crippen LogP contribution is 2.64. The standard InChI is InChI=1S/C30H36N6O5/c1-2-29-15-16-30(41-29)24(23(29)26(38)32-20-11-5-3-6-12-20)28(40)35(17-9-4-10-18-37)25(30)27(39)31-19-36-22-14-8-7-13-21(22)33-34-36/h3,5-8,11-14,23-25,37H,2,4,9-10,15-19H2,1H3,(H,31,39)(H,32,38)/t23-,24-,25?,29+,30?/m0/s1. The minimum atomic E-state index is -1.10. The van der Waals surface area contributed by atoms with Gasteiger partial charge in [0.2, 0.25) is 17.7 Å². The first kappa shape index (κ1) is 27.3. The van der Waals surface area contributed by atoms with Crippen molar-refractivity contribution in [3.05, 3.63) is 54.6 Å². The first-order valence-electron chi connectivity index (χ1n) is 14.5. The Morgan fingerprint density at radius 3 is 2.61 bits per heavy atom. The molecule has 3 fully saturated rings. The van der Waals surface area contributed by atoms with Crippen molar-refractivity contribution in [3.8, 4) is 0 Å². The Hall–Kier alpha value is -3.83. The van der Waals surface area contributed by atoms with E-state index in [-0.39, 0.29) is 31.0 Å². The van der Waals surface area contributed by atoms with Crippen LogP contribution in [0.1, 0.15) is 45.4 Å². The number of likely N-dealkylation sites (tertiary alicyclic amines) is 1. The molecule has 2 bridgehead atoms. The van der Waals surface area contributed by atoms with Gasteiger partial charge in [-0.25, -0.2) is 4.68 Å². The van der Waals surface area contributed by atoms with Gasteiger partial charge in [-0.15, -0.1) is 5.10 Å². The molecule has 2 aromatic carbocycles. The molecule has 3 aromatic rings. The molecule has 0 aliphatic carbocycles. The van der Waals surface area contributed by atoms with Gasteiger partial charge in [-0.05, 0) is 62.8 Å². The monoisotopic (exact) mass is 560 g/mol. The number of carbonyl (C=O) groups is 3. The predicted molar refractivity (Wildman–Crippen MR) is 150 cm³/mol. The van der Waals surface area contributed by atoms with Gasteiger partial charge in [0, 0.05) is 18.8 Å². The van der Waals surface area contributed by atoms with Crippen molar-refractivity contribution in [2.45, 2.75) is 69.4 Å². The topological polar surface area (TPSA) is 139 Å². The minimum Gasteiger partial charge on any atom is -0.396 e. The molecule has 11 heteroatoms. The lowest BCUT2D eigenvalue weighted by Crippen LogP contribution is -2.55. The van der Waals surface area contributed by atoms with Crippen LogP contribution in [0.25, 0.3) is 11.0 Å². The zero-order chi connectivity index (χ0) is 28.6. The number of aliphatic hydroxyl groups excluding tert-OH is 1. The van der Waals surface area contributed by atoms with Crippen molar-refractivity contribution in [2.24, 2.45) is 11.8 Å². The molecule has 1 aromatic heterocycles. The molecule has 41 heavy (non-hydrogen) atoms. The van der Waals surface area contributed by atoms with Crippen LogP contribution in [0.3, 0.4) is 0 Å². The summed E-state index contributed by atoms with van der Waals surface area (Å²) in [6, 6.07) is 15.8. The van der Waals surface area contributed by atoms with E-state index in [1.165, 1.54) is 0 Å². The second-order valence-electron chi connectivity index (χ2n) is 11.3. The summed E-state index contributed by atoms with van der Waals surface area (Å²) in [7, 11) is 0. The average Bonchev–Trinajstić information content (AvgIpc) is 3.72. The summed E-state index contributed by atoms with van der Waals surface area (Å²) in [4.78, 5) is 43.7. The van der Waals surface area contributed by atoms with Crippen LogP contribution >= 0.6 is 0 Å². The minimum absolute atomic E-state index is 0.0696. The largest absolute Gasteiger partial charge is 0.396 e. The molecule has 3 aliphatic heterocycles. The molecule has 6 rings (SSSR count). The Labute approximate surface area is 238 Å². The molecular formula is C30H36N6O5. The Morgan fingerprint density at radius 1 is 1.05 bits per heavy atom. The summed E-state index contributed by atoms with van der Waals surface area (Å²) in [5.41, 5.74) is 0.242. The molecule has 3 N–H and O–H groups in total. The summed E-state index contributed by atoms with van der Waals surface area (Å²) in [5, 5.41) is 23.6. The zero-order valence-electron chi connectivity index (χ0n) is 23.2. The van der Waals surface area contributed by atoms with E-state index in [0.29, 0.717) is 44.3 Å². The number of anilines is 1. The molecular weight excluding hydrogens is 524 g/mol. The predicted octanol–water partition coefficient (Wildman–Crippen LogP) is 2.46. The second kappa shape index (κ2) is 10.9. The van der Waals surface area contributed by atoms with Gasteiger partial charge < -0.3 is 25.4 Å². The second-order valence-corrected chi connectivity index (χ2v) is 11.3. The van der Waals surface area contributed by atoms with Crippen molar-refractivity contribution in [2.75, 3.05) is 18.5 Å². The highest BCUT2D eigenvalue weighted by molar-refractivity contribution is 6.02. The van der Waals surface area contributed by atoms with E-state index in [4.69, 9.17) is 4.74 Å². The maximum atomic E-state index is 14.2. The number of nitrogens with zero attached hydrogens (tertiary/aromatic N) is 4. The summed E-state index contributed by atoms with van der Waals surface area (Å²) in [6.45, 7) is 2.47. The van der Waals surface area contributed by atoms with Crippen LogP contribution in [0.4, 0.5) is 5.69 Å². The smallest absolute Gasteiger partial charge is 0.247 e. The lowest BCUT2D eigenvalue weighted by Gasteiger charge is -2.34. The molecule has 4 heterocycles.